The van der Waals surface area contributed by atoms with Crippen LogP contribution in [0.2, 0.25) is 0 Å². The van der Waals surface area contributed by atoms with Crippen molar-refractivity contribution in [1.29, 1.82) is 0 Å². The summed E-state index contributed by atoms with van der Waals surface area (Å²) in [5.74, 6) is 0.236. The van der Waals surface area contributed by atoms with Gasteiger partial charge in [0.15, 0.2) is 5.82 Å². The Kier molecular flexibility index (Phi) is 3.50. The Morgan fingerprint density at radius 2 is 2.16 bits per heavy atom. The molecule has 0 fully saturated rings. The minimum Gasteiger partial charge on any atom is -0.462 e. The Labute approximate surface area is 111 Å². The van der Waals surface area contributed by atoms with Gasteiger partial charge in [-0.25, -0.2) is 14.5 Å². The lowest BCUT2D eigenvalue weighted by molar-refractivity contribution is 0.0526. The second-order valence-electron chi connectivity index (χ2n) is 4.12. The first kappa shape index (κ1) is 13.1. The molecule has 6 nitrogen and oxygen atoms in total. The first-order valence-corrected chi connectivity index (χ1v) is 5.99. The second kappa shape index (κ2) is 5.09. The Morgan fingerprint density at radius 1 is 1.42 bits per heavy atom. The van der Waals surface area contributed by atoms with E-state index in [-0.39, 0.29) is 5.97 Å². The summed E-state index contributed by atoms with van der Waals surface area (Å²) in [6.45, 7) is 5.81. The second-order valence-corrected chi connectivity index (χ2v) is 4.12. The Bertz CT molecular complexity index is 602. The van der Waals surface area contributed by atoms with E-state index in [1.807, 2.05) is 13.8 Å². The fraction of sp³-hybridized carbons (Fsp3) is 0.308. The zero-order valence-corrected chi connectivity index (χ0v) is 11.2. The summed E-state index contributed by atoms with van der Waals surface area (Å²) < 4.78 is 6.55. The number of nitrogens with zero attached hydrogens (tertiary/aromatic N) is 3. The molecule has 2 rings (SSSR count). The summed E-state index contributed by atoms with van der Waals surface area (Å²) in [7, 11) is 0. The van der Waals surface area contributed by atoms with Gasteiger partial charge in [-0.15, -0.1) is 0 Å². The molecule has 0 aliphatic heterocycles. The Balaban J connectivity index is 2.32. The maximum atomic E-state index is 11.5. The molecular formula is C13H16N4O2. The number of nitrogen functional groups attached to an aromatic ring is 1. The van der Waals surface area contributed by atoms with Crippen molar-refractivity contribution < 1.29 is 9.53 Å². The van der Waals surface area contributed by atoms with Gasteiger partial charge in [-0.1, -0.05) is 0 Å². The summed E-state index contributed by atoms with van der Waals surface area (Å²) in [5, 5.41) is 4.30. The average Bonchev–Trinajstić information content (AvgIpc) is 2.67. The van der Waals surface area contributed by atoms with Gasteiger partial charge in [-0.05, 0) is 32.9 Å². The van der Waals surface area contributed by atoms with Crippen LogP contribution in [0.15, 0.2) is 18.3 Å². The average molecular weight is 260 g/mol. The minimum absolute atomic E-state index is 0.342. The van der Waals surface area contributed by atoms with E-state index in [0.717, 1.165) is 11.4 Å². The molecule has 100 valence electrons. The largest absolute Gasteiger partial charge is 0.462 e. The zero-order chi connectivity index (χ0) is 14.0. The lowest BCUT2D eigenvalue weighted by Gasteiger charge is -2.05. The molecule has 19 heavy (non-hydrogen) atoms. The lowest BCUT2D eigenvalue weighted by atomic mass is 10.3. The third-order valence-corrected chi connectivity index (χ3v) is 2.82. The number of pyridine rings is 1. The number of nitrogens with two attached hydrogens (primary N) is 1. The van der Waals surface area contributed by atoms with Crippen LogP contribution in [0.4, 0.5) is 5.69 Å². The highest BCUT2D eigenvalue weighted by Gasteiger charge is 2.12. The molecule has 2 aromatic rings. The standard InChI is InChI=1S/C13H16N4O2/c1-4-19-13(18)10-5-6-11(15-7-10)17-9(3)12(14)8(2)16-17/h5-7H,4,14H2,1-3H3. The molecule has 0 aliphatic rings. The van der Waals surface area contributed by atoms with E-state index in [4.69, 9.17) is 10.5 Å². The van der Waals surface area contributed by atoms with Crippen molar-refractivity contribution in [3.63, 3.8) is 0 Å². The topological polar surface area (TPSA) is 83.0 Å². The number of carbonyl (C=O) groups excluding carboxylic acids is 1. The molecule has 0 saturated carbocycles. The predicted molar refractivity (Wildman–Crippen MR) is 71.2 cm³/mol. The van der Waals surface area contributed by atoms with Crippen LogP contribution in [-0.2, 0) is 4.74 Å². The van der Waals surface area contributed by atoms with E-state index >= 15 is 0 Å². The summed E-state index contributed by atoms with van der Waals surface area (Å²) >= 11 is 0. The molecule has 0 bridgehead atoms. The number of carbonyl (C=O) groups is 1. The van der Waals surface area contributed by atoms with Gasteiger partial charge in [0, 0.05) is 6.20 Å². The van der Waals surface area contributed by atoms with Gasteiger partial charge in [0.25, 0.3) is 0 Å². The number of ether oxygens (including phenoxy) is 1. The van der Waals surface area contributed by atoms with Crippen molar-refractivity contribution in [3.05, 3.63) is 35.3 Å². The van der Waals surface area contributed by atoms with Gasteiger partial charge in [0.1, 0.15) is 0 Å². The molecule has 0 saturated heterocycles. The van der Waals surface area contributed by atoms with E-state index in [0.29, 0.717) is 23.7 Å². The molecule has 0 spiro atoms. The van der Waals surface area contributed by atoms with Crippen LogP contribution in [0.5, 0.6) is 0 Å². The van der Waals surface area contributed by atoms with E-state index in [9.17, 15) is 4.79 Å². The fourth-order valence-corrected chi connectivity index (χ4v) is 1.72. The lowest BCUT2D eigenvalue weighted by Crippen LogP contribution is -2.07. The van der Waals surface area contributed by atoms with Crippen LogP contribution < -0.4 is 5.73 Å². The number of esters is 1. The van der Waals surface area contributed by atoms with Crippen LogP contribution in [0.3, 0.4) is 0 Å². The van der Waals surface area contributed by atoms with E-state index in [2.05, 4.69) is 10.1 Å². The zero-order valence-electron chi connectivity index (χ0n) is 11.2. The number of rotatable bonds is 3. The highest BCUT2D eigenvalue weighted by molar-refractivity contribution is 5.89. The molecule has 0 amide bonds. The molecule has 0 aliphatic carbocycles. The minimum atomic E-state index is -0.380. The van der Waals surface area contributed by atoms with Gasteiger partial charge in [0.2, 0.25) is 0 Å². The highest BCUT2D eigenvalue weighted by atomic mass is 16.5. The molecule has 2 N–H and O–H groups in total. The van der Waals surface area contributed by atoms with Gasteiger partial charge in [-0.3, -0.25) is 0 Å². The van der Waals surface area contributed by atoms with Gasteiger partial charge >= 0.3 is 5.97 Å². The third kappa shape index (κ3) is 2.42. The monoisotopic (exact) mass is 260 g/mol. The van der Waals surface area contributed by atoms with Crippen molar-refractivity contribution in [2.45, 2.75) is 20.8 Å². The molecule has 2 aromatic heterocycles. The smallest absolute Gasteiger partial charge is 0.339 e. The summed E-state index contributed by atoms with van der Waals surface area (Å²) in [4.78, 5) is 15.7. The van der Waals surface area contributed by atoms with E-state index in [1.165, 1.54) is 6.20 Å². The molecular weight excluding hydrogens is 244 g/mol. The van der Waals surface area contributed by atoms with Crippen LogP contribution in [0.25, 0.3) is 5.82 Å². The van der Waals surface area contributed by atoms with Crippen LogP contribution >= 0.6 is 0 Å². The molecule has 6 heteroatoms. The van der Waals surface area contributed by atoms with Crippen molar-refractivity contribution >= 4 is 11.7 Å². The first-order valence-electron chi connectivity index (χ1n) is 5.99. The Hall–Kier alpha value is -2.37. The number of hydrogen-bond donors (Lipinski definition) is 1. The summed E-state index contributed by atoms with van der Waals surface area (Å²) in [6.07, 6.45) is 1.47. The molecule has 2 heterocycles. The fourth-order valence-electron chi connectivity index (χ4n) is 1.72. The quantitative estimate of drug-likeness (QED) is 0.848. The highest BCUT2D eigenvalue weighted by Crippen LogP contribution is 2.18. The summed E-state index contributed by atoms with van der Waals surface area (Å²) in [6, 6.07) is 3.37. The summed E-state index contributed by atoms with van der Waals surface area (Å²) in [5.41, 5.74) is 8.52. The van der Waals surface area contributed by atoms with Crippen molar-refractivity contribution in [3.8, 4) is 5.82 Å². The maximum Gasteiger partial charge on any atom is 0.339 e. The molecule has 0 aromatic carbocycles. The third-order valence-electron chi connectivity index (χ3n) is 2.82. The Morgan fingerprint density at radius 3 is 2.63 bits per heavy atom. The van der Waals surface area contributed by atoms with Crippen LogP contribution in [-0.4, -0.2) is 27.3 Å². The number of aromatic nitrogens is 3. The normalized spacial score (nSPS) is 10.5. The van der Waals surface area contributed by atoms with Gasteiger partial charge in [0.05, 0.1) is 29.2 Å². The maximum absolute atomic E-state index is 11.5. The van der Waals surface area contributed by atoms with Gasteiger partial charge in [-0.2, -0.15) is 5.10 Å². The molecule has 0 radical (unpaired) electrons. The number of anilines is 1. The number of aryl methyl sites for hydroxylation is 1. The molecule has 0 atom stereocenters. The SMILES string of the molecule is CCOC(=O)c1ccc(-n2nc(C)c(N)c2C)nc1. The van der Waals surface area contributed by atoms with E-state index < -0.39 is 0 Å². The first-order chi connectivity index (χ1) is 9.04. The predicted octanol–water partition coefficient (Wildman–Crippen LogP) is 1.64. The number of hydrogen-bond acceptors (Lipinski definition) is 5. The van der Waals surface area contributed by atoms with Gasteiger partial charge < -0.3 is 10.5 Å². The van der Waals surface area contributed by atoms with Crippen LogP contribution in [0, 0.1) is 13.8 Å². The van der Waals surface area contributed by atoms with E-state index in [1.54, 1.807) is 23.7 Å². The van der Waals surface area contributed by atoms with Crippen molar-refractivity contribution in [1.82, 2.24) is 14.8 Å². The van der Waals surface area contributed by atoms with Crippen molar-refractivity contribution in [2.75, 3.05) is 12.3 Å². The molecule has 0 unspecified atom stereocenters. The van der Waals surface area contributed by atoms with Crippen molar-refractivity contribution in [2.24, 2.45) is 0 Å². The van der Waals surface area contributed by atoms with Crippen LogP contribution in [0.1, 0.15) is 28.7 Å².